The van der Waals surface area contributed by atoms with Crippen molar-refractivity contribution in [2.75, 3.05) is 11.1 Å². The van der Waals surface area contributed by atoms with E-state index in [-0.39, 0.29) is 19.1 Å². The van der Waals surface area contributed by atoms with Gasteiger partial charge in [-0.15, -0.1) is 0 Å². The molecule has 0 fully saturated rings. The summed E-state index contributed by atoms with van der Waals surface area (Å²) in [5.41, 5.74) is 10.0. The highest BCUT2D eigenvalue weighted by Gasteiger charge is 2.09. The number of pyridine rings is 1. The van der Waals surface area contributed by atoms with Gasteiger partial charge in [0.15, 0.2) is 0 Å². The largest absolute Gasteiger partial charge is 0.397 e. The monoisotopic (exact) mass is 390 g/mol. The zero-order valence-corrected chi connectivity index (χ0v) is 16.0. The minimum Gasteiger partial charge on any atom is -0.397 e. The van der Waals surface area contributed by atoms with Crippen molar-refractivity contribution in [3.63, 3.8) is 0 Å². The van der Waals surface area contributed by atoms with Crippen molar-refractivity contribution >= 4 is 23.7 Å². The van der Waals surface area contributed by atoms with Crippen LogP contribution in [0.2, 0.25) is 0 Å². The molecular formula is C22H22N4O3. The maximum absolute atomic E-state index is 12.4. The number of aromatic nitrogens is 1. The van der Waals surface area contributed by atoms with Gasteiger partial charge < -0.3 is 11.1 Å². The lowest BCUT2D eigenvalue weighted by Gasteiger charge is -2.17. The third-order valence-electron chi connectivity index (χ3n) is 4.25. The molecule has 29 heavy (non-hydrogen) atoms. The summed E-state index contributed by atoms with van der Waals surface area (Å²) < 4.78 is 0. The van der Waals surface area contributed by atoms with Crippen LogP contribution in [0, 0.1) is 6.92 Å². The van der Waals surface area contributed by atoms with Crippen LogP contribution in [0.1, 0.15) is 27.2 Å². The lowest BCUT2D eigenvalue weighted by atomic mass is 10.1. The van der Waals surface area contributed by atoms with Gasteiger partial charge >= 0.3 is 0 Å². The first-order valence-corrected chi connectivity index (χ1v) is 9.06. The number of amides is 2. The zero-order valence-electron chi connectivity index (χ0n) is 16.0. The number of para-hydroxylation sites is 2. The summed E-state index contributed by atoms with van der Waals surface area (Å²) in [5.74, 6) is -0.259. The number of benzene rings is 2. The Morgan fingerprint density at radius 2 is 1.83 bits per heavy atom. The van der Waals surface area contributed by atoms with Gasteiger partial charge in [0, 0.05) is 17.5 Å². The van der Waals surface area contributed by atoms with E-state index in [1.165, 1.54) is 5.06 Å². The van der Waals surface area contributed by atoms with E-state index >= 15 is 0 Å². The normalized spacial score (nSPS) is 10.4. The average molecular weight is 390 g/mol. The Kier molecular flexibility index (Phi) is 6.55. The molecular weight excluding hydrogens is 368 g/mol. The van der Waals surface area contributed by atoms with Gasteiger partial charge in [0.2, 0.25) is 6.41 Å². The smallest absolute Gasteiger partial charge is 0.255 e. The van der Waals surface area contributed by atoms with Gasteiger partial charge in [-0.05, 0) is 48.4 Å². The number of nitrogens with two attached hydrogens (primary N) is 1. The molecule has 1 heterocycles. The molecule has 7 nitrogen and oxygen atoms in total. The zero-order chi connectivity index (χ0) is 20.6. The molecule has 0 aliphatic rings. The molecule has 0 spiro atoms. The molecule has 2 amide bonds. The van der Waals surface area contributed by atoms with E-state index in [1.807, 2.05) is 19.1 Å². The molecule has 3 N–H and O–H groups in total. The van der Waals surface area contributed by atoms with Crippen LogP contribution in [0.4, 0.5) is 11.4 Å². The van der Waals surface area contributed by atoms with Crippen LogP contribution in [-0.2, 0) is 22.8 Å². The predicted octanol–water partition coefficient (Wildman–Crippen LogP) is 3.31. The van der Waals surface area contributed by atoms with Crippen molar-refractivity contribution in [1.29, 1.82) is 0 Å². The Balaban J connectivity index is 1.57. The number of nitrogens with zero attached hydrogens (tertiary/aromatic N) is 2. The molecule has 0 aliphatic heterocycles. The number of nitrogen functional groups attached to an aromatic ring is 1. The maximum Gasteiger partial charge on any atom is 0.255 e. The highest BCUT2D eigenvalue weighted by Crippen LogP contribution is 2.18. The standard InChI is InChI=1S/C22H22N4O3/c1-16-6-7-18(12-24-16)14-29-26(15-27)13-17-8-10-19(11-9-17)22(28)25-21-5-3-2-4-20(21)23/h2-12,15H,13-14,23H2,1H3,(H,25,28). The Bertz CT molecular complexity index is 972. The van der Waals surface area contributed by atoms with Crippen molar-refractivity contribution in [3.05, 3.63) is 89.2 Å². The van der Waals surface area contributed by atoms with Crippen LogP contribution >= 0.6 is 0 Å². The van der Waals surface area contributed by atoms with E-state index in [0.717, 1.165) is 16.8 Å². The summed E-state index contributed by atoms with van der Waals surface area (Å²) in [6.45, 7) is 2.41. The molecule has 0 saturated heterocycles. The summed E-state index contributed by atoms with van der Waals surface area (Å²) in [7, 11) is 0. The number of aryl methyl sites for hydroxylation is 1. The third kappa shape index (κ3) is 5.63. The Morgan fingerprint density at radius 3 is 2.48 bits per heavy atom. The molecule has 148 valence electrons. The van der Waals surface area contributed by atoms with Gasteiger partial charge in [-0.3, -0.25) is 19.4 Å². The molecule has 0 unspecified atom stereocenters. The van der Waals surface area contributed by atoms with Gasteiger partial charge in [-0.1, -0.05) is 30.3 Å². The lowest BCUT2D eigenvalue weighted by Crippen LogP contribution is -2.22. The molecule has 7 heteroatoms. The third-order valence-corrected chi connectivity index (χ3v) is 4.25. The van der Waals surface area contributed by atoms with E-state index in [9.17, 15) is 9.59 Å². The number of carbonyl (C=O) groups excluding carboxylic acids is 2. The number of rotatable bonds is 8. The van der Waals surface area contributed by atoms with E-state index in [1.54, 1.807) is 54.7 Å². The predicted molar refractivity (Wildman–Crippen MR) is 111 cm³/mol. The van der Waals surface area contributed by atoms with Gasteiger partial charge in [0.05, 0.1) is 17.9 Å². The first-order chi connectivity index (χ1) is 14.0. The second-order valence-corrected chi connectivity index (χ2v) is 6.50. The minimum atomic E-state index is -0.259. The molecule has 2 aromatic carbocycles. The molecule has 3 rings (SSSR count). The van der Waals surface area contributed by atoms with Crippen LogP contribution in [0.15, 0.2) is 66.9 Å². The molecule has 0 radical (unpaired) electrons. The summed E-state index contributed by atoms with van der Waals surface area (Å²) >= 11 is 0. The molecule has 0 saturated carbocycles. The van der Waals surface area contributed by atoms with Crippen LogP contribution in [0.3, 0.4) is 0 Å². The molecule has 0 bridgehead atoms. The van der Waals surface area contributed by atoms with E-state index < -0.39 is 0 Å². The summed E-state index contributed by atoms with van der Waals surface area (Å²) in [6.07, 6.45) is 2.34. The fourth-order valence-electron chi connectivity index (χ4n) is 2.60. The average Bonchev–Trinajstić information content (AvgIpc) is 2.74. The maximum atomic E-state index is 12.4. The number of hydroxylamine groups is 2. The number of nitrogens with one attached hydrogen (secondary N) is 1. The van der Waals surface area contributed by atoms with Crippen molar-refractivity contribution in [2.45, 2.75) is 20.1 Å². The summed E-state index contributed by atoms with van der Waals surface area (Å²) in [5, 5.41) is 3.99. The molecule has 0 aliphatic carbocycles. The van der Waals surface area contributed by atoms with Crippen LogP contribution < -0.4 is 11.1 Å². The number of hydrogen-bond donors (Lipinski definition) is 2. The SMILES string of the molecule is Cc1ccc(CON(C=O)Cc2ccc(C(=O)Nc3ccccc3N)cc2)cn1. The number of carbonyl (C=O) groups is 2. The Hall–Kier alpha value is -3.71. The van der Waals surface area contributed by atoms with Gasteiger partial charge in [0.25, 0.3) is 5.91 Å². The fourth-order valence-corrected chi connectivity index (χ4v) is 2.60. The van der Waals surface area contributed by atoms with Crippen LogP contribution in [0.5, 0.6) is 0 Å². The highest BCUT2D eigenvalue weighted by atomic mass is 16.7. The summed E-state index contributed by atoms with van der Waals surface area (Å²) in [4.78, 5) is 33.4. The molecule has 3 aromatic rings. The van der Waals surface area contributed by atoms with Crippen molar-refractivity contribution in [1.82, 2.24) is 10.0 Å². The molecule has 0 atom stereocenters. The van der Waals surface area contributed by atoms with Crippen molar-refractivity contribution in [3.8, 4) is 0 Å². The Morgan fingerprint density at radius 1 is 1.10 bits per heavy atom. The second kappa shape index (κ2) is 9.48. The number of anilines is 2. The van der Waals surface area contributed by atoms with E-state index in [2.05, 4.69) is 10.3 Å². The fraction of sp³-hybridized carbons (Fsp3) is 0.136. The van der Waals surface area contributed by atoms with E-state index in [4.69, 9.17) is 10.6 Å². The summed E-state index contributed by atoms with van der Waals surface area (Å²) in [6, 6.07) is 17.8. The molecule has 1 aromatic heterocycles. The van der Waals surface area contributed by atoms with Gasteiger partial charge in [-0.25, -0.2) is 5.06 Å². The van der Waals surface area contributed by atoms with Gasteiger partial charge in [-0.2, -0.15) is 0 Å². The van der Waals surface area contributed by atoms with Crippen LogP contribution in [0.25, 0.3) is 0 Å². The first kappa shape index (κ1) is 20.0. The van der Waals surface area contributed by atoms with Crippen molar-refractivity contribution < 1.29 is 14.4 Å². The number of hydrogen-bond acceptors (Lipinski definition) is 5. The van der Waals surface area contributed by atoms with Gasteiger partial charge in [0.1, 0.15) is 6.61 Å². The quantitative estimate of drug-likeness (QED) is 0.349. The minimum absolute atomic E-state index is 0.241. The Labute approximate surface area is 169 Å². The second-order valence-electron chi connectivity index (χ2n) is 6.50. The lowest BCUT2D eigenvalue weighted by molar-refractivity contribution is -0.181. The highest BCUT2D eigenvalue weighted by molar-refractivity contribution is 6.05. The topological polar surface area (TPSA) is 97.5 Å². The van der Waals surface area contributed by atoms with Crippen molar-refractivity contribution in [2.24, 2.45) is 0 Å². The van der Waals surface area contributed by atoms with Crippen LogP contribution in [-0.4, -0.2) is 22.4 Å². The van der Waals surface area contributed by atoms with E-state index in [0.29, 0.717) is 23.3 Å². The first-order valence-electron chi connectivity index (χ1n) is 9.06.